The molecule has 0 fully saturated rings. The molecule has 0 spiro atoms. The quantitative estimate of drug-likeness (QED) is 0.870. The Hall–Kier alpha value is -2.24. The molecule has 0 aromatic heterocycles. The molecular formula is C18H17Cl2N3O2. The highest BCUT2D eigenvalue weighted by Crippen LogP contribution is 2.30. The second-order valence-electron chi connectivity index (χ2n) is 5.57. The molecule has 1 heterocycles. The first-order valence-corrected chi connectivity index (χ1v) is 8.49. The summed E-state index contributed by atoms with van der Waals surface area (Å²) >= 11 is 12.4. The van der Waals surface area contributed by atoms with Gasteiger partial charge in [-0.1, -0.05) is 35.3 Å². The van der Waals surface area contributed by atoms with Crippen LogP contribution in [0.25, 0.3) is 0 Å². The highest BCUT2D eigenvalue weighted by Gasteiger charge is 2.26. The van der Waals surface area contributed by atoms with Crippen LogP contribution in [-0.4, -0.2) is 37.0 Å². The van der Waals surface area contributed by atoms with Gasteiger partial charge >= 0.3 is 0 Å². The molecule has 0 saturated heterocycles. The van der Waals surface area contributed by atoms with Gasteiger partial charge in [-0.05, 0) is 36.8 Å². The first-order chi connectivity index (χ1) is 12.0. The standard InChI is InChI=1S/C18H17Cl2N3O2/c1-11-6-7-12(10-15(11)25-2)17(24)23-9-8-21-18(23)22-16-13(19)4-3-5-14(16)20/h3-7,10H,8-9H2,1-2H3,(H,21,22). The maximum Gasteiger partial charge on any atom is 0.260 e. The number of guanidine groups is 1. The molecule has 2 aromatic rings. The van der Waals surface area contributed by atoms with Crippen LogP contribution in [0.4, 0.5) is 5.69 Å². The van der Waals surface area contributed by atoms with Crippen molar-refractivity contribution in [3.63, 3.8) is 0 Å². The maximum absolute atomic E-state index is 12.9. The van der Waals surface area contributed by atoms with E-state index >= 15 is 0 Å². The van der Waals surface area contributed by atoms with E-state index in [1.54, 1.807) is 42.3 Å². The van der Waals surface area contributed by atoms with Gasteiger partial charge in [0.15, 0.2) is 0 Å². The monoisotopic (exact) mass is 377 g/mol. The Morgan fingerprint density at radius 3 is 2.64 bits per heavy atom. The third-order valence-corrected chi connectivity index (χ3v) is 4.57. The molecule has 0 unspecified atom stereocenters. The summed E-state index contributed by atoms with van der Waals surface area (Å²) < 4.78 is 5.30. The summed E-state index contributed by atoms with van der Waals surface area (Å²) in [6.07, 6.45) is 0. The molecule has 0 aliphatic carbocycles. The molecule has 130 valence electrons. The fourth-order valence-electron chi connectivity index (χ4n) is 2.59. The van der Waals surface area contributed by atoms with Crippen LogP contribution in [0.2, 0.25) is 10.0 Å². The van der Waals surface area contributed by atoms with Crippen molar-refractivity contribution in [3.05, 3.63) is 57.6 Å². The average molecular weight is 378 g/mol. The summed E-state index contributed by atoms with van der Waals surface area (Å²) in [4.78, 5) is 18.8. The van der Waals surface area contributed by atoms with Crippen molar-refractivity contribution in [1.29, 1.82) is 0 Å². The second-order valence-corrected chi connectivity index (χ2v) is 6.38. The minimum Gasteiger partial charge on any atom is -0.496 e. The van der Waals surface area contributed by atoms with E-state index in [0.717, 1.165) is 5.56 Å². The van der Waals surface area contributed by atoms with E-state index in [-0.39, 0.29) is 5.91 Å². The molecule has 1 aliphatic rings. The number of rotatable bonds is 3. The number of aliphatic imine (C=N–C) groups is 1. The van der Waals surface area contributed by atoms with Crippen molar-refractivity contribution in [1.82, 2.24) is 4.90 Å². The van der Waals surface area contributed by atoms with Gasteiger partial charge in [-0.15, -0.1) is 0 Å². The molecule has 1 aliphatic heterocycles. The van der Waals surface area contributed by atoms with Crippen molar-refractivity contribution in [3.8, 4) is 5.75 Å². The van der Waals surface area contributed by atoms with Gasteiger partial charge in [-0.25, -0.2) is 0 Å². The van der Waals surface area contributed by atoms with Crippen LogP contribution in [-0.2, 0) is 0 Å². The van der Waals surface area contributed by atoms with Gasteiger partial charge in [0.2, 0.25) is 5.96 Å². The molecular weight excluding hydrogens is 361 g/mol. The molecule has 1 amide bonds. The van der Waals surface area contributed by atoms with Crippen LogP contribution in [0.5, 0.6) is 5.75 Å². The normalized spacial score (nSPS) is 13.6. The number of ether oxygens (including phenoxy) is 1. The van der Waals surface area contributed by atoms with E-state index in [1.165, 1.54) is 0 Å². The Morgan fingerprint density at radius 1 is 1.24 bits per heavy atom. The Morgan fingerprint density at radius 2 is 1.96 bits per heavy atom. The molecule has 5 nitrogen and oxygen atoms in total. The number of anilines is 1. The van der Waals surface area contributed by atoms with Crippen LogP contribution in [0.1, 0.15) is 15.9 Å². The predicted molar refractivity (Wildman–Crippen MR) is 101 cm³/mol. The van der Waals surface area contributed by atoms with Crippen molar-refractivity contribution in [2.45, 2.75) is 6.92 Å². The summed E-state index contributed by atoms with van der Waals surface area (Å²) in [6.45, 7) is 2.93. The zero-order valence-corrected chi connectivity index (χ0v) is 15.4. The fourth-order valence-corrected chi connectivity index (χ4v) is 3.08. The Labute approximate surface area is 156 Å². The van der Waals surface area contributed by atoms with Crippen LogP contribution >= 0.6 is 23.2 Å². The second kappa shape index (κ2) is 7.33. The first kappa shape index (κ1) is 17.6. The Kier molecular flexibility index (Phi) is 5.16. The van der Waals surface area contributed by atoms with E-state index in [2.05, 4.69) is 10.3 Å². The Balaban J connectivity index is 1.85. The van der Waals surface area contributed by atoms with E-state index in [1.807, 2.05) is 13.0 Å². The predicted octanol–water partition coefficient (Wildman–Crippen LogP) is 4.23. The van der Waals surface area contributed by atoms with E-state index < -0.39 is 0 Å². The lowest BCUT2D eigenvalue weighted by Crippen LogP contribution is -2.38. The smallest absolute Gasteiger partial charge is 0.260 e. The molecule has 2 aromatic carbocycles. The van der Waals surface area contributed by atoms with Crippen molar-refractivity contribution >= 4 is 40.8 Å². The third kappa shape index (κ3) is 3.57. The number of carbonyl (C=O) groups is 1. The van der Waals surface area contributed by atoms with Gasteiger partial charge in [0.1, 0.15) is 5.75 Å². The van der Waals surface area contributed by atoms with E-state index in [9.17, 15) is 4.79 Å². The molecule has 0 radical (unpaired) electrons. The van der Waals surface area contributed by atoms with Crippen LogP contribution < -0.4 is 10.1 Å². The third-order valence-electron chi connectivity index (χ3n) is 3.94. The average Bonchev–Trinajstić information content (AvgIpc) is 3.06. The minimum absolute atomic E-state index is 0.162. The Bertz CT molecular complexity index is 832. The van der Waals surface area contributed by atoms with Crippen LogP contribution in [0.3, 0.4) is 0 Å². The number of hydrogen-bond acceptors (Lipinski definition) is 4. The van der Waals surface area contributed by atoms with Gasteiger partial charge in [0.25, 0.3) is 5.91 Å². The van der Waals surface area contributed by atoms with Crippen molar-refractivity contribution in [2.75, 3.05) is 25.5 Å². The number of benzene rings is 2. The molecule has 3 rings (SSSR count). The van der Waals surface area contributed by atoms with Crippen LogP contribution in [0.15, 0.2) is 41.4 Å². The SMILES string of the molecule is COc1cc(C(=O)N2CCN=C2Nc2c(Cl)cccc2Cl)ccc1C. The highest BCUT2D eigenvalue weighted by atomic mass is 35.5. The van der Waals surface area contributed by atoms with Crippen molar-refractivity contribution in [2.24, 2.45) is 4.99 Å². The lowest BCUT2D eigenvalue weighted by Gasteiger charge is -2.21. The number of amides is 1. The first-order valence-electron chi connectivity index (χ1n) is 7.73. The number of carbonyl (C=O) groups excluding carboxylic acids is 1. The summed E-state index contributed by atoms with van der Waals surface area (Å²) in [5.41, 5.74) is 2.03. The minimum atomic E-state index is -0.162. The largest absolute Gasteiger partial charge is 0.496 e. The number of hydrogen-bond donors (Lipinski definition) is 1. The van der Waals surface area contributed by atoms with E-state index in [4.69, 9.17) is 27.9 Å². The zero-order chi connectivity index (χ0) is 18.0. The molecule has 0 saturated carbocycles. The lowest BCUT2D eigenvalue weighted by atomic mass is 10.1. The number of aryl methyl sites for hydroxylation is 1. The summed E-state index contributed by atoms with van der Waals surface area (Å²) in [5, 5.41) is 4.01. The lowest BCUT2D eigenvalue weighted by molar-refractivity contribution is 0.0857. The summed E-state index contributed by atoms with van der Waals surface area (Å²) in [6, 6.07) is 10.6. The molecule has 25 heavy (non-hydrogen) atoms. The number of nitrogens with one attached hydrogen (secondary N) is 1. The zero-order valence-electron chi connectivity index (χ0n) is 13.8. The molecule has 0 bridgehead atoms. The highest BCUT2D eigenvalue weighted by molar-refractivity contribution is 6.40. The summed E-state index contributed by atoms with van der Waals surface area (Å²) in [5.74, 6) is 0.940. The van der Waals surface area contributed by atoms with Crippen LogP contribution in [0, 0.1) is 6.92 Å². The summed E-state index contributed by atoms with van der Waals surface area (Å²) in [7, 11) is 1.58. The molecule has 0 atom stereocenters. The molecule has 7 heteroatoms. The number of methoxy groups -OCH3 is 1. The van der Waals surface area contributed by atoms with Gasteiger partial charge < -0.3 is 10.1 Å². The van der Waals surface area contributed by atoms with Gasteiger partial charge in [-0.3, -0.25) is 14.7 Å². The molecule has 1 N–H and O–H groups in total. The van der Waals surface area contributed by atoms with E-state index in [0.29, 0.717) is 46.1 Å². The number of halogens is 2. The fraction of sp³-hybridized carbons (Fsp3) is 0.222. The maximum atomic E-state index is 12.9. The number of para-hydroxylation sites is 1. The topological polar surface area (TPSA) is 53.9 Å². The van der Waals surface area contributed by atoms with Gasteiger partial charge in [0, 0.05) is 12.1 Å². The van der Waals surface area contributed by atoms with Gasteiger partial charge in [-0.2, -0.15) is 0 Å². The number of nitrogens with zero attached hydrogens (tertiary/aromatic N) is 2. The van der Waals surface area contributed by atoms with Crippen molar-refractivity contribution < 1.29 is 9.53 Å². The van der Waals surface area contributed by atoms with Gasteiger partial charge in [0.05, 0.1) is 29.4 Å².